The van der Waals surface area contributed by atoms with Gasteiger partial charge in [-0.15, -0.1) is 0 Å². The Morgan fingerprint density at radius 3 is 2.32 bits per heavy atom. The minimum Gasteiger partial charge on any atom is -0.481 e. The summed E-state index contributed by atoms with van der Waals surface area (Å²) >= 11 is 0. The van der Waals surface area contributed by atoms with Gasteiger partial charge in [0.2, 0.25) is 5.91 Å². The maximum Gasteiger partial charge on any atom is 0.311 e. The zero-order chi connectivity index (χ0) is 14.5. The van der Waals surface area contributed by atoms with Crippen LogP contribution in [0.1, 0.15) is 52.4 Å². The van der Waals surface area contributed by atoms with Gasteiger partial charge in [-0.3, -0.25) is 9.59 Å². The smallest absolute Gasteiger partial charge is 0.311 e. The maximum atomic E-state index is 11.9. The number of nitrogens with two attached hydrogens (primary N) is 1. The lowest BCUT2D eigenvalue weighted by Crippen LogP contribution is -2.49. The van der Waals surface area contributed by atoms with Crippen molar-refractivity contribution in [3.8, 4) is 0 Å². The highest BCUT2D eigenvalue weighted by atomic mass is 16.4. The third kappa shape index (κ3) is 4.49. The molecule has 0 aliphatic heterocycles. The van der Waals surface area contributed by atoms with Gasteiger partial charge in [-0.2, -0.15) is 0 Å². The van der Waals surface area contributed by atoms with Gasteiger partial charge >= 0.3 is 5.97 Å². The third-order valence-electron chi connectivity index (χ3n) is 3.93. The normalized spacial score (nSPS) is 20.0. The van der Waals surface area contributed by atoms with Crippen molar-refractivity contribution < 1.29 is 14.7 Å². The van der Waals surface area contributed by atoms with E-state index in [0.29, 0.717) is 25.2 Å². The van der Waals surface area contributed by atoms with Gasteiger partial charge in [0.1, 0.15) is 0 Å². The summed E-state index contributed by atoms with van der Waals surface area (Å²) in [6.45, 7) is 4.22. The van der Waals surface area contributed by atoms with Gasteiger partial charge in [-0.25, -0.2) is 0 Å². The summed E-state index contributed by atoms with van der Waals surface area (Å²) in [5.74, 6) is -0.686. The Hall–Kier alpha value is -1.10. The monoisotopic (exact) mass is 270 g/mol. The zero-order valence-corrected chi connectivity index (χ0v) is 11.9. The number of carbonyl (C=O) groups is 2. The molecule has 0 aromatic rings. The highest BCUT2D eigenvalue weighted by Gasteiger charge is 2.40. The van der Waals surface area contributed by atoms with Crippen LogP contribution in [0.25, 0.3) is 0 Å². The molecule has 0 spiro atoms. The molecule has 1 saturated carbocycles. The molecule has 1 rings (SSSR count). The number of carbonyl (C=O) groups excluding carboxylic acids is 1. The summed E-state index contributed by atoms with van der Waals surface area (Å²) in [6.07, 6.45) is 4.81. The molecule has 1 fully saturated rings. The van der Waals surface area contributed by atoms with Gasteiger partial charge in [0.25, 0.3) is 0 Å². The van der Waals surface area contributed by atoms with Crippen molar-refractivity contribution >= 4 is 11.9 Å². The number of amides is 1. The van der Waals surface area contributed by atoms with Gasteiger partial charge in [-0.1, -0.05) is 33.1 Å². The summed E-state index contributed by atoms with van der Waals surface area (Å²) in [5, 5.41) is 12.1. The molecule has 1 aliphatic carbocycles. The van der Waals surface area contributed by atoms with Crippen LogP contribution in [0.15, 0.2) is 0 Å². The van der Waals surface area contributed by atoms with Crippen LogP contribution < -0.4 is 11.1 Å². The van der Waals surface area contributed by atoms with E-state index >= 15 is 0 Å². The molecule has 1 amide bonds. The molecule has 4 N–H and O–H groups in total. The first-order valence-electron chi connectivity index (χ1n) is 7.14. The summed E-state index contributed by atoms with van der Waals surface area (Å²) < 4.78 is 0. The lowest BCUT2D eigenvalue weighted by atomic mass is 9.74. The molecular formula is C14H26N2O3. The van der Waals surface area contributed by atoms with Crippen LogP contribution in [0.4, 0.5) is 0 Å². The first-order valence-corrected chi connectivity index (χ1v) is 7.14. The van der Waals surface area contributed by atoms with Crippen molar-refractivity contribution in [2.45, 2.75) is 58.4 Å². The second-order valence-corrected chi connectivity index (χ2v) is 6.10. The van der Waals surface area contributed by atoms with E-state index in [2.05, 4.69) is 5.32 Å². The minimum absolute atomic E-state index is 0.201. The van der Waals surface area contributed by atoms with Crippen LogP contribution in [0.3, 0.4) is 0 Å². The average Bonchev–Trinajstić information content (AvgIpc) is 2.36. The van der Waals surface area contributed by atoms with Crippen molar-refractivity contribution in [3.63, 3.8) is 0 Å². The number of hydrogen-bond donors (Lipinski definition) is 3. The van der Waals surface area contributed by atoms with Crippen molar-refractivity contribution in [3.05, 3.63) is 0 Å². The van der Waals surface area contributed by atoms with Crippen LogP contribution in [0.5, 0.6) is 0 Å². The highest BCUT2D eigenvalue weighted by molar-refractivity contribution is 5.82. The molecule has 1 aliphatic rings. The Kier molecular flexibility index (Phi) is 5.79. The van der Waals surface area contributed by atoms with Crippen LogP contribution in [-0.2, 0) is 9.59 Å². The van der Waals surface area contributed by atoms with Crippen LogP contribution in [0.2, 0.25) is 0 Å². The Balaban J connectivity index is 2.52. The molecule has 0 heterocycles. The number of rotatable bonds is 6. The first-order chi connectivity index (χ1) is 8.87. The van der Waals surface area contributed by atoms with Crippen LogP contribution in [0, 0.1) is 11.3 Å². The van der Waals surface area contributed by atoms with Crippen LogP contribution in [-0.4, -0.2) is 29.6 Å². The summed E-state index contributed by atoms with van der Waals surface area (Å²) in [6, 6.07) is -0.547. The van der Waals surface area contributed by atoms with E-state index < -0.39 is 17.4 Å². The quantitative estimate of drug-likeness (QED) is 0.682. The predicted molar refractivity (Wildman–Crippen MR) is 73.6 cm³/mol. The molecule has 0 saturated heterocycles. The molecule has 0 bridgehead atoms. The Labute approximate surface area is 114 Å². The van der Waals surface area contributed by atoms with Gasteiger partial charge in [0, 0.05) is 6.54 Å². The predicted octanol–water partition coefficient (Wildman–Crippen LogP) is 1.51. The second-order valence-electron chi connectivity index (χ2n) is 6.10. The number of aliphatic carboxylic acids is 1. The SMILES string of the molecule is CC(C)CC(N)C(=O)NCC1(C(=O)O)CCCCC1. The summed E-state index contributed by atoms with van der Waals surface area (Å²) in [4.78, 5) is 23.3. The van der Waals surface area contributed by atoms with Gasteiger partial charge < -0.3 is 16.2 Å². The third-order valence-corrected chi connectivity index (χ3v) is 3.93. The van der Waals surface area contributed by atoms with Crippen molar-refractivity contribution in [2.75, 3.05) is 6.54 Å². The topological polar surface area (TPSA) is 92.4 Å². The number of hydrogen-bond acceptors (Lipinski definition) is 3. The van der Waals surface area contributed by atoms with Gasteiger partial charge in [-0.05, 0) is 25.2 Å². The first kappa shape index (κ1) is 16.0. The molecule has 1 unspecified atom stereocenters. The number of carboxylic acid groups (broad SMARTS) is 1. The lowest BCUT2D eigenvalue weighted by molar-refractivity contribution is -0.151. The fourth-order valence-electron chi connectivity index (χ4n) is 2.70. The van der Waals surface area contributed by atoms with E-state index in [-0.39, 0.29) is 12.5 Å². The molecule has 19 heavy (non-hydrogen) atoms. The molecule has 110 valence electrons. The number of carboxylic acids is 1. The molecule has 5 heteroatoms. The Bertz CT molecular complexity index is 323. The van der Waals surface area contributed by atoms with Crippen molar-refractivity contribution in [1.82, 2.24) is 5.32 Å². The van der Waals surface area contributed by atoms with Crippen LogP contribution >= 0.6 is 0 Å². The van der Waals surface area contributed by atoms with Crippen molar-refractivity contribution in [2.24, 2.45) is 17.1 Å². The van der Waals surface area contributed by atoms with E-state index in [9.17, 15) is 14.7 Å². The second kappa shape index (κ2) is 6.89. The molecule has 0 aromatic heterocycles. The Morgan fingerprint density at radius 1 is 1.26 bits per heavy atom. The van der Waals surface area contributed by atoms with E-state index in [0.717, 1.165) is 19.3 Å². The minimum atomic E-state index is -0.801. The average molecular weight is 270 g/mol. The largest absolute Gasteiger partial charge is 0.481 e. The fourth-order valence-corrected chi connectivity index (χ4v) is 2.70. The van der Waals surface area contributed by atoms with E-state index in [1.165, 1.54) is 0 Å². The number of nitrogens with one attached hydrogen (secondary N) is 1. The lowest BCUT2D eigenvalue weighted by Gasteiger charge is -2.33. The molecular weight excluding hydrogens is 244 g/mol. The molecule has 1 atom stereocenters. The highest BCUT2D eigenvalue weighted by Crippen LogP contribution is 2.36. The van der Waals surface area contributed by atoms with E-state index in [4.69, 9.17) is 5.73 Å². The van der Waals surface area contributed by atoms with Crippen molar-refractivity contribution in [1.29, 1.82) is 0 Å². The summed E-state index contributed by atoms with van der Waals surface area (Å²) in [5.41, 5.74) is 5.01. The maximum absolute atomic E-state index is 11.9. The van der Waals surface area contributed by atoms with E-state index in [1.807, 2.05) is 13.8 Å². The van der Waals surface area contributed by atoms with Gasteiger partial charge in [0.15, 0.2) is 0 Å². The molecule has 5 nitrogen and oxygen atoms in total. The standard InChI is InChI=1S/C14H26N2O3/c1-10(2)8-11(15)12(17)16-9-14(13(18)19)6-4-3-5-7-14/h10-11H,3-9,15H2,1-2H3,(H,16,17)(H,18,19). The fraction of sp³-hybridized carbons (Fsp3) is 0.857. The van der Waals surface area contributed by atoms with Gasteiger partial charge in [0.05, 0.1) is 11.5 Å². The molecule has 0 aromatic carbocycles. The zero-order valence-electron chi connectivity index (χ0n) is 11.9. The van der Waals surface area contributed by atoms with E-state index in [1.54, 1.807) is 0 Å². The Morgan fingerprint density at radius 2 is 1.84 bits per heavy atom. The summed E-state index contributed by atoms with van der Waals surface area (Å²) in [7, 11) is 0. The molecule has 0 radical (unpaired) electrons.